The van der Waals surface area contributed by atoms with Gasteiger partial charge in [-0.05, 0) is 25.1 Å². The highest BCUT2D eigenvalue weighted by molar-refractivity contribution is 7.22. The van der Waals surface area contributed by atoms with E-state index in [1.54, 1.807) is 12.4 Å². The Labute approximate surface area is 137 Å². The van der Waals surface area contributed by atoms with Crippen LogP contribution in [-0.2, 0) is 4.79 Å². The third-order valence-corrected chi connectivity index (χ3v) is 4.12. The molecule has 0 aliphatic rings. The van der Waals surface area contributed by atoms with Gasteiger partial charge in [-0.1, -0.05) is 29.5 Å². The fourth-order valence-corrected chi connectivity index (χ4v) is 2.79. The number of nitrogens with zero attached hydrogens (tertiary/aromatic N) is 3. The van der Waals surface area contributed by atoms with Gasteiger partial charge in [-0.2, -0.15) is 5.10 Å². The van der Waals surface area contributed by atoms with Crippen molar-refractivity contribution in [3.8, 4) is 0 Å². The number of hydrogen-bond donors (Lipinski definition) is 2. The second kappa shape index (κ2) is 6.97. The first-order valence-electron chi connectivity index (χ1n) is 7.05. The van der Waals surface area contributed by atoms with Crippen LogP contribution in [0.4, 0.5) is 5.13 Å². The number of amides is 1. The van der Waals surface area contributed by atoms with Crippen molar-refractivity contribution in [3.05, 3.63) is 54.4 Å². The minimum atomic E-state index is -0.229. The van der Waals surface area contributed by atoms with E-state index in [-0.39, 0.29) is 12.5 Å². The Morgan fingerprint density at radius 1 is 1.26 bits per heavy atom. The maximum Gasteiger partial charge on any atom is 0.259 e. The Morgan fingerprint density at radius 2 is 2.13 bits per heavy atom. The summed E-state index contributed by atoms with van der Waals surface area (Å²) in [6.07, 6.45) is 3.39. The van der Waals surface area contributed by atoms with Gasteiger partial charge in [-0.15, -0.1) is 0 Å². The minimum absolute atomic E-state index is 0.115. The number of rotatable bonds is 5. The average Bonchev–Trinajstić information content (AvgIpc) is 3.01. The Kier molecular flexibility index (Phi) is 4.58. The Morgan fingerprint density at radius 3 is 2.91 bits per heavy atom. The summed E-state index contributed by atoms with van der Waals surface area (Å²) in [6, 6.07) is 11.6. The molecule has 0 spiro atoms. The van der Waals surface area contributed by atoms with Gasteiger partial charge in [0.05, 0.1) is 22.5 Å². The molecule has 0 aliphatic carbocycles. The normalized spacial score (nSPS) is 11.4. The number of para-hydroxylation sites is 1. The average molecular weight is 325 g/mol. The van der Waals surface area contributed by atoms with Crippen LogP contribution in [0.25, 0.3) is 10.2 Å². The van der Waals surface area contributed by atoms with Crippen molar-refractivity contribution < 1.29 is 4.79 Å². The van der Waals surface area contributed by atoms with Gasteiger partial charge < -0.3 is 5.32 Å². The quantitative estimate of drug-likeness (QED) is 0.558. The van der Waals surface area contributed by atoms with Crippen LogP contribution in [-0.4, -0.2) is 28.1 Å². The lowest BCUT2D eigenvalue weighted by atomic mass is 10.2. The summed E-state index contributed by atoms with van der Waals surface area (Å²) in [5.41, 5.74) is 5.01. The van der Waals surface area contributed by atoms with Gasteiger partial charge in [0.15, 0.2) is 5.13 Å². The predicted octanol–water partition coefficient (Wildman–Crippen LogP) is 2.64. The largest absolute Gasteiger partial charge is 0.352 e. The smallest absolute Gasteiger partial charge is 0.259 e. The third kappa shape index (κ3) is 3.89. The van der Waals surface area contributed by atoms with Crippen LogP contribution in [0.5, 0.6) is 0 Å². The van der Waals surface area contributed by atoms with E-state index in [0.717, 1.165) is 15.8 Å². The number of nitrogens with one attached hydrogen (secondary N) is 2. The fraction of sp³-hybridized carbons (Fsp3) is 0.125. The monoisotopic (exact) mass is 325 g/mol. The van der Waals surface area contributed by atoms with Crippen molar-refractivity contribution >= 4 is 38.3 Å². The summed E-state index contributed by atoms with van der Waals surface area (Å²) in [7, 11) is 0. The second-order valence-corrected chi connectivity index (χ2v) is 5.84. The Balaban J connectivity index is 1.55. The number of pyridine rings is 1. The summed E-state index contributed by atoms with van der Waals surface area (Å²) in [4.78, 5) is 20.3. The molecule has 0 saturated heterocycles. The fourth-order valence-electron chi connectivity index (χ4n) is 1.93. The molecule has 116 valence electrons. The SMILES string of the molecule is C/C(=N/NC(=O)CNc1nc2ccccc2s1)c1cccnc1. The molecular formula is C16H15N5OS. The van der Waals surface area contributed by atoms with Gasteiger partial charge in [-0.25, -0.2) is 10.4 Å². The summed E-state index contributed by atoms with van der Waals surface area (Å²) in [6.45, 7) is 1.93. The highest BCUT2D eigenvalue weighted by Gasteiger charge is 2.05. The maximum absolute atomic E-state index is 11.8. The lowest BCUT2D eigenvalue weighted by molar-refractivity contribution is -0.119. The van der Waals surface area contributed by atoms with Crippen LogP contribution >= 0.6 is 11.3 Å². The molecule has 2 N–H and O–H groups in total. The maximum atomic E-state index is 11.8. The first kappa shape index (κ1) is 15.1. The predicted molar refractivity (Wildman–Crippen MR) is 92.7 cm³/mol. The van der Waals surface area contributed by atoms with Crippen molar-refractivity contribution in [2.24, 2.45) is 5.10 Å². The molecule has 2 aromatic heterocycles. The zero-order valence-corrected chi connectivity index (χ0v) is 13.3. The molecule has 0 fully saturated rings. The van der Waals surface area contributed by atoms with Gasteiger partial charge in [-0.3, -0.25) is 9.78 Å². The highest BCUT2D eigenvalue weighted by atomic mass is 32.1. The topological polar surface area (TPSA) is 79.3 Å². The number of thiazole rings is 1. The van der Waals surface area contributed by atoms with Crippen molar-refractivity contribution in [2.75, 3.05) is 11.9 Å². The highest BCUT2D eigenvalue weighted by Crippen LogP contribution is 2.24. The van der Waals surface area contributed by atoms with Gasteiger partial charge in [0, 0.05) is 18.0 Å². The number of carbonyl (C=O) groups is 1. The van der Waals surface area contributed by atoms with Crippen molar-refractivity contribution in [1.82, 2.24) is 15.4 Å². The van der Waals surface area contributed by atoms with E-state index >= 15 is 0 Å². The van der Waals surface area contributed by atoms with Gasteiger partial charge >= 0.3 is 0 Å². The first-order chi connectivity index (χ1) is 11.2. The summed E-state index contributed by atoms with van der Waals surface area (Å²) in [5.74, 6) is -0.229. The molecule has 3 aromatic rings. The Bertz CT molecular complexity index is 811. The number of aromatic nitrogens is 2. The second-order valence-electron chi connectivity index (χ2n) is 4.81. The number of hydrogen-bond acceptors (Lipinski definition) is 6. The molecule has 3 rings (SSSR count). The van der Waals surface area contributed by atoms with Crippen LogP contribution in [0.15, 0.2) is 53.9 Å². The molecule has 23 heavy (non-hydrogen) atoms. The lowest BCUT2D eigenvalue weighted by Gasteiger charge is -2.03. The van der Waals surface area contributed by atoms with E-state index < -0.39 is 0 Å². The molecule has 0 aliphatic heterocycles. The minimum Gasteiger partial charge on any atom is -0.352 e. The number of anilines is 1. The molecule has 0 bridgehead atoms. The third-order valence-electron chi connectivity index (χ3n) is 3.12. The number of hydrazone groups is 1. The van der Waals surface area contributed by atoms with Gasteiger partial charge in [0.1, 0.15) is 0 Å². The van der Waals surface area contributed by atoms with E-state index in [2.05, 4.69) is 25.8 Å². The van der Waals surface area contributed by atoms with E-state index in [9.17, 15) is 4.79 Å². The summed E-state index contributed by atoms with van der Waals surface area (Å²) in [5, 5.41) is 7.80. The number of benzene rings is 1. The molecule has 6 nitrogen and oxygen atoms in total. The van der Waals surface area contributed by atoms with Crippen molar-refractivity contribution in [2.45, 2.75) is 6.92 Å². The molecule has 0 radical (unpaired) electrons. The number of carbonyl (C=O) groups excluding carboxylic acids is 1. The summed E-state index contributed by atoms with van der Waals surface area (Å²) < 4.78 is 1.08. The van der Waals surface area contributed by atoms with Crippen LogP contribution < -0.4 is 10.7 Å². The standard InChI is InChI=1S/C16H15N5OS/c1-11(12-5-4-8-17-9-12)20-21-15(22)10-18-16-19-13-6-2-3-7-14(13)23-16/h2-9H,10H2,1H3,(H,18,19)(H,21,22)/b20-11-. The van der Waals surface area contributed by atoms with Gasteiger partial charge in [0.2, 0.25) is 0 Å². The first-order valence-corrected chi connectivity index (χ1v) is 7.87. The molecule has 1 amide bonds. The molecule has 1 aromatic carbocycles. The van der Waals surface area contributed by atoms with E-state index in [0.29, 0.717) is 10.8 Å². The van der Waals surface area contributed by atoms with Crippen LogP contribution in [0.2, 0.25) is 0 Å². The van der Waals surface area contributed by atoms with Crippen molar-refractivity contribution in [1.29, 1.82) is 0 Å². The lowest BCUT2D eigenvalue weighted by Crippen LogP contribution is -2.26. The summed E-state index contributed by atoms with van der Waals surface area (Å²) >= 11 is 1.51. The van der Waals surface area contributed by atoms with Crippen LogP contribution in [0.3, 0.4) is 0 Å². The van der Waals surface area contributed by atoms with E-state index in [1.807, 2.05) is 43.3 Å². The molecule has 0 unspecified atom stereocenters. The zero-order valence-electron chi connectivity index (χ0n) is 12.5. The molecule has 2 heterocycles. The van der Waals surface area contributed by atoms with E-state index in [1.165, 1.54) is 11.3 Å². The van der Waals surface area contributed by atoms with Crippen molar-refractivity contribution in [3.63, 3.8) is 0 Å². The molecule has 0 atom stereocenters. The zero-order chi connectivity index (χ0) is 16.1. The van der Waals surface area contributed by atoms with Gasteiger partial charge in [0.25, 0.3) is 5.91 Å². The molecule has 7 heteroatoms. The van der Waals surface area contributed by atoms with Crippen LogP contribution in [0, 0.1) is 0 Å². The van der Waals surface area contributed by atoms with Crippen LogP contribution in [0.1, 0.15) is 12.5 Å². The molecular weight excluding hydrogens is 310 g/mol. The number of fused-ring (bicyclic) bond motifs is 1. The Hall–Kier alpha value is -2.80. The molecule has 0 saturated carbocycles. The van der Waals surface area contributed by atoms with E-state index in [4.69, 9.17) is 0 Å².